The summed E-state index contributed by atoms with van der Waals surface area (Å²) in [5.41, 5.74) is 4.62. The maximum Gasteiger partial charge on any atom is 0.243 e. The molecule has 0 saturated heterocycles. The number of hydrogen-bond acceptors (Lipinski definition) is 5. The first-order valence-electron chi connectivity index (χ1n) is 13.8. The van der Waals surface area contributed by atoms with Crippen LogP contribution in [0.4, 0.5) is 5.69 Å². The van der Waals surface area contributed by atoms with Crippen LogP contribution in [0, 0.1) is 0 Å². The van der Waals surface area contributed by atoms with E-state index in [1.54, 1.807) is 36.7 Å². The van der Waals surface area contributed by atoms with E-state index in [1.165, 1.54) is 4.31 Å². The molecule has 9 heteroatoms. The smallest absolute Gasteiger partial charge is 0.243 e. The van der Waals surface area contributed by atoms with E-state index < -0.39 is 21.6 Å². The quantitative estimate of drug-likeness (QED) is 0.333. The third-order valence-electron chi connectivity index (χ3n) is 7.10. The number of fused-ring (bicyclic) bond motifs is 1. The molecule has 0 radical (unpaired) electrons. The number of imidazole rings is 1. The lowest BCUT2D eigenvalue weighted by molar-refractivity contribution is -0.123. The predicted molar refractivity (Wildman–Crippen MR) is 162 cm³/mol. The molecule has 1 aliphatic rings. The Morgan fingerprint density at radius 1 is 1.00 bits per heavy atom. The molecule has 1 N–H and O–H groups in total. The second-order valence-electron chi connectivity index (χ2n) is 11.6. The second-order valence-corrected chi connectivity index (χ2v) is 13.5. The summed E-state index contributed by atoms with van der Waals surface area (Å²) in [6, 6.07) is 24.4. The minimum atomic E-state index is -3.98. The van der Waals surface area contributed by atoms with E-state index in [0.717, 1.165) is 28.1 Å². The predicted octanol–water partition coefficient (Wildman–Crippen LogP) is 4.62. The van der Waals surface area contributed by atoms with Gasteiger partial charge in [0.05, 0.1) is 30.0 Å². The van der Waals surface area contributed by atoms with Crippen LogP contribution in [0.15, 0.2) is 96.3 Å². The highest BCUT2D eigenvalue weighted by Gasteiger charge is 2.38. The molecule has 8 nitrogen and oxygen atoms in total. The topological polar surface area (TPSA) is 87.5 Å². The van der Waals surface area contributed by atoms with Crippen molar-refractivity contribution in [3.63, 3.8) is 0 Å². The van der Waals surface area contributed by atoms with Crippen molar-refractivity contribution in [2.45, 2.75) is 50.2 Å². The Labute approximate surface area is 242 Å². The van der Waals surface area contributed by atoms with Crippen LogP contribution in [-0.2, 0) is 34.8 Å². The number of rotatable bonds is 8. The molecule has 5 rings (SSSR count). The van der Waals surface area contributed by atoms with E-state index in [0.29, 0.717) is 19.5 Å². The summed E-state index contributed by atoms with van der Waals surface area (Å²) >= 11 is 0. The van der Waals surface area contributed by atoms with Crippen LogP contribution in [0.1, 0.15) is 32.0 Å². The van der Waals surface area contributed by atoms with Crippen molar-refractivity contribution in [1.82, 2.24) is 19.2 Å². The molecule has 1 unspecified atom stereocenters. The van der Waals surface area contributed by atoms with E-state index in [4.69, 9.17) is 0 Å². The first kappa shape index (κ1) is 28.6. The van der Waals surface area contributed by atoms with Gasteiger partial charge in [0.25, 0.3) is 0 Å². The lowest BCUT2D eigenvalue weighted by atomic mass is 9.93. The molecule has 3 aromatic carbocycles. The Bertz CT molecular complexity index is 1610. The highest BCUT2D eigenvalue weighted by Crippen LogP contribution is 2.35. The lowest BCUT2D eigenvalue weighted by Gasteiger charge is -2.40. The van der Waals surface area contributed by atoms with Crippen molar-refractivity contribution in [2.24, 2.45) is 7.05 Å². The van der Waals surface area contributed by atoms with Crippen LogP contribution in [-0.4, -0.2) is 52.9 Å². The third-order valence-corrected chi connectivity index (χ3v) is 9.01. The number of aryl methyl sites for hydroxylation is 1. The average molecular weight is 572 g/mol. The van der Waals surface area contributed by atoms with Crippen molar-refractivity contribution >= 4 is 21.6 Å². The van der Waals surface area contributed by atoms with E-state index in [-0.39, 0.29) is 17.3 Å². The summed E-state index contributed by atoms with van der Waals surface area (Å²) in [4.78, 5) is 20.1. The summed E-state index contributed by atoms with van der Waals surface area (Å²) in [5.74, 6) is -0.336. The normalized spacial score (nSPS) is 15.5. The molecule has 0 bridgehead atoms. The minimum Gasteiger partial charge on any atom is -0.364 e. The van der Waals surface area contributed by atoms with Crippen LogP contribution >= 0.6 is 0 Å². The molecule has 1 amide bonds. The van der Waals surface area contributed by atoms with E-state index in [2.05, 4.69) is 45.5 Å². The number of carbonyl (C=O) groups excluding carboxylic acids is 1. The number of anilines is 1. The van der Waals surface area contributed by atoms with Gasteiger partial charge in [-0.15, -0.1) is 0 Å². The van der Waals surface area contributed by atoms with Crippen molar-refractivity contribution in [3.05, 3.63) is 103 Å². The highest BCUT2D eigenvalue weighted by atomic mass is 32.2. The zero-order valence-corrected chi connectivity index (χ0v) is 24.8. The molecule has 0 spiro atoms. The van der Waals surface area contributed by atoms with Crippen LogP contribution < -0.4 is 10.2 Å². The van der Waals surface area contributed by atoms with E-state index >= 15 is 0 Å². The van der Waals surface area contributed by atoms with Crippen molar-refractivity contribution in [1.29, 1.82) is 0 Å². The molecule has 1 aliphatic heterocycles. The number of benzene rings is 3. The first-order valence-corrected chi connectivity index (χ1v) is 15.2. The number of nitrogens with one attached hydrogen (secondary N) is 1. The fraction of sp³-hybridized carbons (Fsp3) is 0.312. The fourth-order valence-electron chi connectivity index (χ4n) is 5.36. The van der Waals surface area contributed by atoms with Crippen LogP contribution in [0.2, 0.25) is 0 Å². The van der Waals surface area contributed by atoms with Crippen molar-refractivity contribution in [2.75, 3.05) is 18.0 Å². The molecule has 4 aromatic rings. The number of sulfonamides is 1. The zero-order valence-electron chi connectivity index (χ0n) is 24.0. The summed E-state index contributed by atoms with van der Waals surface area (Å²) < 4.78 is 31.5. The largest absolute Gasteiger partial charge is 0.364 e. The third kappa shape index (κ3) is 6.69. The van der Waals surface area contributed by atoms with Gasteiger partial charge in [0, 0.05) is 37.1 Å². The average Bonchev–Trinajstić information content (AvgIpc) is 3.35. The van der Waals surface area contributed by atoms with E-state index in [9.17, 15) is 13.2 Å². The van der Waals surface area contributed by atoms with Gasteiger partial charge in [-0.05, 0) is 68.1 Å². The zero-order chi connectivity index (χ0) is 29.2. The molecule has 1 atom stereocenters. The first-order chi connectivity index (χ1) is 19.5. The van der Waals surface area contributed by atoms with Gasteiger partial charge in [0.15, 0.2) is 0 Å². The molecule has 1 aromatic heterocycles. The molecule has 0 aliphatic carbocycles. The van der Waals surface area contributed by atoms with Gasteiger partial charge in [-0.1, -0.05) is 54.6 Å². The van der Waals surface area contributed by atoms with Gasteiger partial charge >= 0.3 is 0 Å². The fourth-order valence-corrected chi connectivity index (χ4v) is 6.96. The minimum absolute atomic E-state index is 0.170. The van der Waals surface area contributed by atoms with Crippen LogP contribution in [0.5, 0.6) is 0 Å². The van der Waals surface area contributed by atoms with Crippen LogP contribution in [0.3, 0.4) is 0 Å². The van der Waals surface area contributed by atoms with Gasteiger partial charge < -0.3 is 14.8 Å². The summed E-state index contributed by atoms with van der Waals surface area (Å²) in [5, 5.41) is 2.94. The van der Waals surface area contributed by atoms with Gasteiger partial charge in [-0.3, -0.25) is 4.79 Å². The molecular formula is C32H37N5O3S. The highest BCUT2D eigenvalue weighted by molar-refractivity contribution is 7.89. The number of carbonyl (C=O) groups is 1. The SMILES string of the molecule is Cn1cnc(CN2CC(N(CC(=O)NC(C)(C)C)S(=O)(=O)c3ccccc3)Cc3cc(-c4ccccc4)ccc32)c1. The number of aromatic nitrogens is 2. The Morgan fingerprint density at radius 2 is 1.68 bits per heavy atom. The Morgan fingerprint density at radius 3 is 2.32 bits per heavy atom. The Hall–Kier alpha value is -3.95. The van der Waals surface area contributed by atoms with Gasteiger partial charge in [-0.25, -0.2) is 13.4 Å². The molecular weight excluding hydrogens is 534 g/mol. The maximum atomic E-state index is 14.1. The Kier molecular flexibility index (Phi) is 8.02. The van der Waals surface area contributed by atoms with Crippen molar-refractivity contribution in [3.8, 4) is 11.1 Å². The number of hydrogen-bond donors (Lipinski definition) is 1. The molecule has 2 heterocycles. The second kappa shape index (κ2) is 11.5. The van der Waals surface area contributed by atoms with Crippen LogP contribution in [0.25, 0.3) is 11.1 Å². The number of amides is 1. The number of nitrogens with zero attached hydrogens (tertiary/aromatic N) is 4. The Balaban J connectivity index is 1.57. The maximum absolute atomic E-state index is 14.1. The van der Waals surface area contributed by atoms with Crippen molar-refractivity contribution < 1.29 is 13.2 Å². The molecule has 0 fully saturated rings. The summed E-state index contributed by atoms with van der Waals surface area (Å²) in [7, 11) is -2.05. The monoisotopic (exact) mass is 571 g/mol. The van der Waals surface area contributed by atoms with E-state index in [1.807, 2.05) is 56.8 Å². The van der Waals surface area contributed by atoms with Gasteiger partial charge in [-0.2, -0.15) is 4.31 Å². The summed E-state index contributed by atoms with van der Waals surface area (Å²) in [6.07, 6.45) is 4.21. The molecule has 41 heavy (non-hydrogen) atoms. The van der Waals surface area contributed by atoms with Gasteiger partial charge in [0.2, 0.25) is 15.9 Å². The molecule has 214 valence electrons. The standard InChI is InChI=1S/C32H37N5O3S/c1-32(2,3)34-31(38)22-37(41(39,40)29-13-9-6-10-14-29)28-18-26-17-25(24-11-7-5-8-12-24)15-16-30(26)36(21-28)20-27-19-35(4)23-33-27/h5-17,19,23,28H,18,20-22H2,1-4H3,(H,34,38). The summed E-state index contributed by atoms with van der Waals surface area (Å²) in [6.45, 7) is 6.32. The van der Waals surface area contributed by atoms with Gasteiger partial charge in [0.1, 0.15) is 0 Å². The lowest BCUT2D eigenvalue weighted by Crippen LogP contribution is -2.55. The molecule has 0 saturated carbocycles.